The minimum atomic E-state index is -0.0817. The highest BCUT2D eigenvalue weighted by Crippen LogP contribution is 2.21. The molecule has 0 saturated heterocycles. The molecular formula is C16H16N4O. The molecule has 0 atom stereocenters. The first kappa shape index (κ1) is 13.3. The Morgan fingerprint density at radius 3 is 2.71 bits per heavy atom. The number of carbonyl (C=O) groups is 1. The Morgan fingerprint density at radius 2 is 1.95 bits per heavy atom. The fourth-order valence-electron chi connectivity index (χ4n) is 2.28. The van der Waals surface area contributed by atoms with Gasteiger partial charge < -0.3 is 5.32 Å². The number of fused-ring (bicyclic) bond motifs is 1. The van der Waals surface area contributed by atoms with Gasteiger partial charge >= 0.3 is 0 Å². The molecule has 0 aliphatic carbocycles. The quantitative estimate of drug-likeness (QED) is 0.801. The Balaban J connectivity index is 1.83. The highest BCUT2D eigenvalue weighted by Gasteiger charge is 2.12. The van der Waals surface area contributed by atoms with Crippen molar-refractivity contribution in [1.29, 1.82) is 0 Å². The van der Waals surface area contributed by atoms with E-state index in [2.05, 4.69) is 15.4 Å². The zero-order chi connectivity index (χ0) is 14.8. The number of anilines is 1. The average molecular weight is 280 g/mol. The van der Waals surface area contributed by atoms with E-state index in [1.807, 2.05) is 56.4 Å². The fraction of sp³-hybridized carbons (Fsp3) is 0.188. The zero-order valence-corrected chi connectivity index (χ0v) is 12.0. The van der Waals surface area contributed by atoms with Crippen molar-refractivity contribution in [2.24, 2.45) is 7.05 Å². The molecule has 106 valence electrons. The lowest BCUT2D eigenvalue weighted by molar-refractivity contribution is -0.115. The van der Waals surface area contributed by atoms with Gasteiger partial charge in [0.05, 0.1) is 11.8 Å². The molecule has 0 unspecified atom stereocenters. The number of hydrogen-bond acceptors (Lipinski definition) is 3. The zero-order valence-electron chi connectivity index (χ0n) is 12.0. The minimum absolute atomic E-state index is 0.0817. The van der Waals surface area contributed by atoms with Crippen molar-refractivity contribution in [2.75, 3.05) is 5.32 Å². The van der Waals surface area contributed by atoms with Gasteiger partial charge in [0, 0.05) is 12.7 Å². The molecule has 0 saturated carbocycles. The van der Waals surface area contributed by atoms with E-state index in [4.69, 9.17) is 0 Å². The van der Waals surface area contributed by atoms with Crippen LogP contribution in [0.3, 0.4) is 0 Å². The molecule has 0 aliphatic heterocycles. The maximum absolute atomic E-state index is 12.1. The van der Waals surface area contributed by atoms with Crippen LogP contribution in [-0.2, 0) is 18.3 Å². The van der Waals surface area contributed by atoms with Crippen LogP contribution in [0.25, 0.3) is 11.0 Å². The number of amides is 1. The summed E-state index contributed by atoms with van der Waals surface area (Å²) in [6.45, 7) is 1.93. The Bertz CT molecular complexity index is 793. The van der Waals surface area contributed by atoms with E-state index >= 15 is 0 Å². The number of pyridine rings is 1. The number of nitrogens with one attached hydrogen (secondary N) is 1. The fourth-order valence-corrected chi connectivity index (χ4v) is 2.28. The summed E-state index contributed by atoms with van der Waals surface area (Å²) in [6.07, 6.45) is 0.332. The summed E-state index contributed by atoms with van der Waals surface area (Å²) < 4.78 is 1.68. The van der Waals surface area contributed by atoms with E-state index in [-0.39, 0.29) is 5.91 Å². The van der Waals surface area contributed by atoms with Gasteiger partial charge in [-0.15, -0.1) is 0 Å². The van der Waals surface area contributed by atoms with Crippen LogP contribution in [0.2, 0.25) is 0 Å². The van der Waals surface area contributed by atoms with Crippen LogP contribution in [0.5, 0.6) is 0 Å². The molecule has 0 spiro atoms. The minimum Gasteiger partial charge on any atom is -0.308 e. The van der Waals surface area contributed by atoms with Gasteiger partial charge in [-0.2, -0.15) is 5.10 Å². The molecule has 1 aromatic carbocycles. The normalized spacial score (nSPS) is 10.8. The maximum Gasteiger partial charge on any atom is 0.230 e. The van der Waals surface area contributed by atoms with Crippen molar-refractivity contribution in [3.05, 3.63) is 53.7 Å². The lowest BCUT2D eigenvalue weighted by Crippen LogP contribution is -2.15. The molecular weight excluding hydrogens is 264 g/mol. The number of carbonyl (C=O) groups excluding carboxylic acids is 1. The maximum atomic E-state index is 12.1. The van der Waals surface area contributed by atoms with Crippen LogP contribution in [0.4, 0.5) is 5.82 Å². The standard InChI is InChI=1S/C16H16N4O/c1-11-8-9-13-15(19-20(2)16(13)17-11)18-14(21)10-12-6-4-3-5-7-12/h3-9H,10H2,1-2H3,(H,18,19,21). The van der Waals surface area contributed by atoms with E-state index in [1.165, 1.54) is 0 Å². The number of aryl methyl sites for hydroxylation is 2. The number of rotatable bonds is 3. The first-order valence-corrected chi connectivity index (χ1v) is 6.77. The summed E-state index contributed by atoms with van der Waals surface area (Å²) in [5.41, 5.74) is 2.67. The van der Waals surface area contributed by atoms with Gasteiger partial charge in [0.1, 0.15) is 0 Å². The Hall–Kier alpha value is -2.69. The van der Waals surface area contributed by atoms with E-state index in [9.17, 15) is 4.79 Å². The third-order valence-electron chi connectivity index (χ3n) is 3.29. The second kappa shape index (κ2) is 5.36. The molecule has 1 N–H and O–H groups in total. The second-order valence-electron chi connectivity index (χ2n) is 5.01. The highest BCUT2D eigenvalue weighted by molar-refractivity contribution is 5.99. The summed E-state index contributed by atoms with van der Waals surface area (Å²) in [5, 5.41) is 8.05. The van der Waals surface area contributed by atoms with Crippen LogP contribution in [0.1, 0.15) is 11.3 Å². The molecule has 21 heavy (non-hydrogen) atoms. The molecule has 3 rings (SSSR count). The third-order valence-corrected chi connectivity index (χ3v) is 3.29. The summed E-state index contributed by atoms with van der Waals surface area (Å²) in [6, 6.07) is 13.5. The molecule has 0 radical (unpaired) electrons. The van der Waals surface area contributed by atoms with Gasteiger partial charge in [0.25, 0.3) is 0 Å². The lowest BCUT2D eigenvalue weighted by Gasteiger charge is -2.02. The van der Waals surface area contributed by atoms with Crippen LogP contribution in [-0.4, -0.2) is 20.7 Å². The first-order valence-electron chi connectivity index (χ1n) is 6.77. The van der Waals surface area contributed by atoms with E-state index < -0.39 is 0 Å². The van der Waals surface area contributed by atoms with Crippen molar-refractivity contribution in [2.45, 2.75) is 13.3 Å². The molecule has 2 heterocycles. The van der Waals surface area contributed by atoms with Crippen molar-refractivity contribution in [3.8, 4) is 0 Å². The number of nitrogens with zero attached hydrogens (tertiary/aromatic N) is 3. The number of hydrogen-bond donors (Lipinski definition) is 1. The average Bonchev–Trinajstić information content (AvgIpc) is 2.76. The molecule has 1 amide bonds. The predicted octanol–water partition coefficient (Wildman–Crippen LogP) is 2.46. The van der Waals surface area contributed by atoms with E-state index in [0.29, 0.717) is 12.2 Å². The van der Waals surface area contributed by atoms with Gasteiger partial charge in [-0.1, -0.05) is 30.3 Å². The van der Waals surface area contributed by atoms with Gasteiger partial charge in [0.2, 0.25) is 5.91 Å². The summed E-state index contributed by atoms with van der Waals surface area (Å²) >= 11 is 0. The molecule has 0 fully saturated rings. The Morgan fingerprint density at radius 1 is 1.19 bits per heavy atom. The van der Waals surface area contributed by atoms with Gasteiger partial charge in [-0.25, -0.2) is 9.67 Å². The third kappa shape index (κ3) is 2.76. The van der Waals surface area contributed by atoms with Crippen molar-refractivity contribution < 1.29 is 4.79 Å². The summed E-state index contributed by atoms with van der Waals surface area (Å²) in [7, 11) is 1.82. The van der Waals surface area contributed by atoms with Crippen LogP contribution >= 0.6 is 0 Å². The highest BCUT2D eigenvalue weighted by atomic mass is 16.1. The van der Waals surface area contributed by atoms with Gasteiger partial charge in [0.15, 0.2) is 11.5 Å². The first-order chi connectivity index (χ1) is 10.1. The van der Waals surface area contributed by atoms with Gasteiger partial charge in [-0.05, 0) is 24.6 Å². The monoisotopic (exact) mass is 280 g/mol. The van der Waals surface area contributed by atoms with E-state index in [1.54, 1.807) is 4.68 Å². The van der Waals surface area contributed by atoms with Crippen molar-refractivity contribution in [1.82, 2.24) is 14.8 Å². The number of benzene rings is 1. The predicted molar refractivity (Wildman–Crippen MR) is 82.0 cm³/mol. The molecule has 0 aliphatic rings. The molecule has 0 bridgehead atoms. The van der Waals surface area contributed by atoms with Crippen LogP contribution in [0, 0.1) is 6.92 Å². The molecule has 5 nitrogen and oxygen atoms in total. The largest absolute Gasteiger partial charge is 0.308 e. The molecule has 3 aromatic rings. The van der Waals surface area contributed by atoms with Crippen molar-refractivity contribution >= 4 is 22.8 Å². The molecule has 2 aromatic heterocycles. The second-order valence-corrected chi connectivity index (χ2v) is 5.01. The van der Waals surface area contributed by atoms with E-state index in [0.717, 1.165) is 22.3 Å². The Labute approximate surface area is 122 Å². The van der Waals surface area contributed by atoms with Crippen molar-refractivity contribution in [3.63, 3.8) is 0 Å². The number of aromatic nitrogens is 3. The molecule has 5 heteroatoms. The topological polar surface area (TPSA) is 59.8 Å². The SMILES string of the molecule is Cc1ccc2c(NC(=O)Cc3ccccc3)nn(C)c2n1. The summed E-state index contributed by atoms with van der Waals surface area (Å²) in [4.78, 5) is 16.6. The smallest absolute Gasteiger partial charge is 0.230 e. The Kier molecular flexibility index (Phi) is 3.39. The van der Waals surface area contributed by atoms with Crippen LogP contribution < -0.4 is 5.32 Å². The van der Waals surface area contributed by atoms with Crippen LogP contribution in [0.15, 0.2) is 42.5 Å². The summed E-state index contributed by atoms with van der Waals surface area (Å²) in [5.74, 6) is 0.475. The van der Waals surface area contributed by atoms with Gasteiger partial charge in [-0.3, -0.25) is 4.79 Å². The lowest BCUT2D eigenvalue weighted by atomic mass is 10.1.